The molecule has 3 atom stereocenters. The summed E-state index contributed by atoms with van der Waals surface area (Å²) in [4.78, 5) is 8.50. The van der Waals surface area contributed by atoms with Crippen LogP contribution in [0.4, 0.5) is 10.2 Å². The van der Waals surface area contributed by atoms with Gasteiger partial charge in [0.1, 0.15) is 17.8 Å². The minimum absolute atomic E-state index is 0.00127. The molecule has 2 N–H and O–H groups in total. The molecule has 0 aliphatic heterocycles. The number of rotatable bonds is 4. The molecule has 0 bridgehead atoms. The van der Waals surface area contributed by atoms with Crippen LogP contribution in [0.5, 0.6) is 0 Å². The molecule has 1 aromatic carbocycles. The molecule has 0 spiro atoms. The van der Waals surface area contributed by atoms with Gasteiger partial charge in [0.2, 0.25) is 0 Å². The maximum Gasteiger partial charge on any atom is 0.154 e. The first-order chi connectivity index (χ1) is 12.1. The van der Waals surface area contributed by atoms with Crippen molar-refractivity contribution in [3.05, 3.63) is 61.2 Å². The average Bonchev–Trinajstić information content (AvgIpc) is 3.14. The molecule has 25 heavy (non-hydrogen) atoms. The number of anilines is 1. The molecule has 1 fully saturated rings. The number of nitrogens with one attached hydrogen (secondary N) is 1. The first-order valence-corrected chi connectivity index (χ1v) is 8.43. The number of benzene rings is 1. The van der Waals surface area contributed by atoms with Gasteiger partial charge in [-0.2, -0.15) is 0 Å². The van der Waals surface area contributed by atoms with Crippen molar-refractivity contribution in [3.63, 3.8) is 0 Å². The zero-order valence-electron chi connectivity index (χ0n) is 13.8. The van der Waals surface area contributed by atoms with Crippen LogP contribution in [0, 0.1) is 18.7 Å². The third-order valence-electron chi connectivity index (χ3n) is 4.89. The molecular weight excluding hydrogens is 319 g/mol. The Morgan fingerprint density at radius 3 is 2.76 bits per heavy atom. The highest BCUT2D eigenvalue weighted by atomic mass is 19.1. The highest BCUT2D eigenvalue weighted by Gasteiger charge is 2.32. The van der Waals surface area contributed by atoms with Gasteiger partial charge in [-0.05, 0) is 31.2 Å². The highest BCUT2D eigenvalue weighted by Crippen LogP contribution is 2.37. The smallest absolute Gasteiger partial charge is 0.154 e. The number of aliphatic hydroxyl groups is 1. The molecule has 2 aromatic heterocycles. The van der Waals surface area contributed by atoms with Crippen LogP contribution in [0.2, 0.25) is 0 Å². The molecule has 1 aliphatic rings. The molecule has 6 heteroatoms. The second-order valence-corrected chi connectivity index (χ2v) is 6.60. The van der Waals surface area contributed by atoms with Crippen LogP contribution in [0.1, 0.15) is 24.4 Å². The van der Waals surface area contributed by atoms with Gasteiger partial charge in [0.05, 0.1) is 11.5 Å². The van der Waals surface area contributed by atoms with E-state index < -0.39 is 6.10 Å². The number of aliphatic hydroxyl groups excluding tert-OH is 1. The van der Waals surface area contributed by atoms with Crippen molar-refractivity contribution in [1.29, 1.82) is 0 Å². The maximum atomic E-state index is 14.6. The first-order valence-electron chi connectivity index (χ1n) is 8.43. The Labute approximate surface area is 145 Å². The van der Waals surface area contributed by atoms with Crippen molar-refractivity contribution in [2.24, 2.45) is 5.92 Å². The normalized spacial score (nSPS) is 23.2. The lowest BCUT2D eigenvalue weighted by molar-refractivity contribution is 0.149. The number of hydrogen-bond acceptors (Lipinski definition) is 4. The lowest BCUT2D eigenvalue weighted by Gasteiger charge is -2.13. The average molecular weight is 339 g/mol. The maximum absolute atomic E-state index is 14.6. The largest absolute Gasteiger partial charge is 0.393 e. The van der Waals surface area contributed by atoms with E-state index in [1.165, 1.54) is 12.5 Å². The van der Waals surface area contributed by atoms with Gasteiger partial charge in [-0.3, -0.25) is 0 Å². The van der Waals surface area contributed by atoms with Crippen molar-refractivity contribution >= 4 is 16.9 Å². The van der Waals surface area contributed by atoms with E-state index in [1.807, 2.05) is 34.9 Å². The predicted molar refractivity (Wildman–Crippen MR) is 94.4 cm³/mol. The lowest BCUT2D eigenvalue weighted by atomic mass is 10.1. The summed E-state index contributed by atoms with van der Waals surface area (Å²) < 4.78 is 16.4. The molecule has 0 saturated heterocycles. The molecule has 0 amide bonds. The molecule has 1 aliphatic carbocycles. The summed E-state index contributed by atoms with van der Waals surface area (Å²) in [6, 6.07) is 9.89. The molecule has 1 saturated carbocycles. The lowest BCUT2D eigenvalue weighted by Crippen LogP contribution is -2.09. The quantitative estimate of drug-likeness (QED) is 0.765. The second kappa shape index (κ2) is 6.44. The van der Waals surface area contributed by atoms with Crippen LogP contribution >= 0.6 is 0 Å². The number of fused-ring (bicyclic) bond motifs is 1. The molecule has 129 valence electrons. The molecule has 1 radical (unpaired) electrons. The number of nitrogens with zero attached hydrogens (tertiary/aromatic N) is 3. The summed E-state index contributed by atoms with van der Waals surface area (Å²) in [5, 5.41) is 13.5. The van der Waals surface area contributed by atoms with Gasteiger partial charge in [-0.1, -0.05) is 30.3 Å². The van der Waals surface area contributed by atoms with Crippen LogP contribution < -0.4 is 5.32 Å². The summed E-state index contributed by atoms with van der Waals surface area (Å²) in [5.41, 5.74) is 1.64. The van der Waals surface area contributed by atoms with Gasteiger partial charge >= 0.3 is 0 Å². The van der Waals surface area contributed by atoms with Crippen molar-refractivity contribution < 1.29 is 9.50 Å². The van der Waals surface area contributed by atoms with Gasteiger partial charge in [0.25, 0.3) is 0 Å². The van der Waals surface area contributed by atoms with E-state index in [0.29, 0.717) is 36.2 Å². The molecular formula is C19H20FN4O. The standard InChI is InChI=1S/C19H20FN4O/c1-12-7-14(8-16(12)25)24-10-15(20)17-18(22-11-23-19(17)24)21-9-13-5-3-2-4-6-13/h2-6,10-12,14,16,25H,1,7-9H2,(H,21,22,23)/t12-,14+,16-/m0/s1. The van der Waals surface area contributed by atoms with Crippen LogP contribution in [0.3, 0.4) is 0 Å². The van der Waals surface area contributed by atoms with Crippen LogP contribution in [-0.4, -0.2) is 25.7 Å². The molecule has 5 nitrogen and oxygen atoms in total. The molecule has 4 rings (SSSR count). The topological polar surface area (TPSA) is 63.0 Å². The summed E-state index contributed by atoms with van der Waals surface area (Å²) in [6.45, 7) is 4.52. The fourth-order valence-corrected chi connectivity index (χ4v) is 3.53. The molecule has 0 unspecified atom stereocenters. The van der Waals surface area contributed by atoms with E-state index >= 15 is 0 Å². The third-order valence-corrected chi connectivity index (χ3v) is 4.89. The van der Waals surface area contributed by atoms with Crippen LogP contribution in [0.25, 0.3) is 11.0 Å². The predicted octanol–water partition coefficient (Wildman–Crippen LogP) is 3.33. The van der Waals surface area contributed by atoms with Gasteiger partial charge in [-0.25, -0.2) is 14.4 Å². The fourth-order valence-electron chi connectivity index (χ4n) is 3.53. The van der Waals surface area contributed by atoms with E-state index in [1.54, 1.807) is 0 Å². The van der Waals surface area contributed by atoms with Crippen LogP contribution in [0.15, 0.2) is 42.9 Å². The Kier molecular flexibility index (Phi) is 4.13. The van der Waals surface area contributed by atoms with Crippen molar-refractivity contribution in [2.75, 3.05) is 5.32 Å². The Bertz CT molecular complexity index is 870. The summed E-state index contributed by atoms with van der Waals surface area (Å²) in [6.07, 6.45) is 3.72. The summed E-state index contributed by atoms with van der Waals surface area (Å²) in [7, 11) is 0. The summed E-state index contributed by atoms with van der Waals surface area (Å²) >= 11 is 0. The third kappa shape index (κ3) is 2.98. The minimum atomic E-state index is -0.456. The Balaban J connectivity index is 1.66. The first kappa shape index (κ1) is 16.0. The highest BCUT2D eigenvalue weighted by molar-refractivity contribution is 5.88. The Hall–Kier alpha value is -2.47. The summed E-state index contributed by atoms with van der Waals surface area (Å²) in [5.74, 6) is 0.0889. The van der Waals surface area contributed by atoms with Gasteiger partial charge in [-0.15, -0.1) is 0 Å². The second-order valence-electron chi connectivity index (χ2n) is 6.60. The van der Waals surface area contributed by atoms with Gasteiger partial charge in [0, 0.05) is 18.8 Å². The van der Waals surface area contributed by atoms with Gasteiger partial charge < -0.3 is 15.0 Å². The fraction of sp³-hybridized carbons (Fsp3) is 0.316. The number of aromatic nitrogens is 3. The van der Waals surface area contributed by atoms with E-state index in [-0.39, 0.29) is 17.8 Å². The van der Waals surface area contributed by atoms with E-state index in [9.17, 15) is 9.50 Å². The van der Waals surface area contributed by atoms with Crippen molar-refractivity contribution in [1.82, 2.24) is 14.5 Å². The van der Waals surface area contributed by atoms with E-state index in [2.05, 4.69) is 22.2 Å². The van der Waals surface area contributed by atoms with Crippen molar-refractivity contribution in [3.8, 4) is 0 Å². The zero-order chi connectivity index (χ0) is 17.4. The SMILES string of the molecule is [CH2][C@H]1C[C@@H](n2cc(F)c3c(NCc4ccccc4)ncnc32)C[C@@H]1O. The monoisotopic (exact) mass is 339 g/mol. The molecule has 2 heterocycles. The Morgan fingerprint density at radius 2 is 2.04 bits per heavy atom. The van der Waals surface area contributed by atoms with E-state index in [0.717, 1.165) is 5.56 Å². The Morgan fingerprint density at radius 1 is 1.24 bits per heavy atom. The van der Waals surface area contributed by atoms with Crippen molar-refractivity contribution in [2.45, 2.75) is 31.5 Å². The van der Waals surface area contributed by atoms with E-state index in [4.69, 9.17) is 0 Å². The molecule has 3 aromatic rings. The van der Waals surface area contributed by atoms with Gasteiger partial charge in [0.15, 0.2) is 5.82 Å². The van der Waals surface area contributed by atoms with Crippen LogP contribution in [-0.2, 0) is 6.54 Å². The number of hydrogen-bond donors (Lipinski definition) is 2. The minimum Gasteiger partial charge on any atom is -0.393 e. The number of halogens is 1. The zero-order valence-corrected chi connectivity index (χ0v) is 13.8.